The average Bonchev–Trinajstić information content (AvgIpc) is 2.42. The Kier molecular flexibility index (Phi) is 4.42. The molecule has 0 saturated heterocycles. The van der Waals surface area contributed by atoms with E-state index in [0.29, 0.717) is 0 Å². The minimum absolute atomic E-state index is 0.0130. The van der Waals surface area contributed by atoms with Crippen molar-refractivity contribution in [3.63, 3.8) is 0 Å². The van der Waals surface area contributed by atoms with Crippen LogP contribution in [0.5, 0.6) is 0 Å². The maximum atomic E-state index is 14.0. The van der Waals surface area contributed by atoms with Gasteiger partial charge in [-0.25, -0.2) is 17.6 Å². The Hall–Kier alpha value is -1.84. The summed E-state index contributed by atoms with van der Waals surface area (Å²) in [5.74, 6) is -4.76. The summed E-state index contributed by atoms with van der Waals surface area (Å²) in [6.07, 6.45) is 2.69. The van der Waals surface area contributed by atoms with Crippen molar-refractivity contribution in [2.45, 2.75) is 26.2 Å². The Morgan fingerprint density at radius 3 is 2.05 bits per heavy atom. The minimum Gasteiger partial charge on any atom is -0.206 e. The van der Waals surface area contributed by atoms with E-state index in [-0.39, 0.29) is 11.1 Å². The molecule has 0 aliphatic rings. The molecule has 0 aliphatic carbocycles. The zero-order valence-corrected chi connectivity index (χ0v) is 11.0. The SMILES string of the molecule is CCCCc1ccc(-c2cc(F)c(F)c(F)c2)c(F)c1. The van der Waals surface area contributed by atoms with Crippen molar-refractivity contribution in [1.29, 1.82) is 0 Å². The van der Waals surface area contributed by atoms with E-state index < -0.39 is 23.3 Å². The lowest BCUT2D eigenvalue weighted by atomic mass is 10.0. The van der Waals surface area contributed by atoms with Crippen LogP contribution < -0.4 is 0 Å². The fourth-order valence-corrected chi connectivity index (χ4v) is 2.04. The van der Waals surface area contributed by atoms with Gasteiger partial charge in [0, 0.05) is 5.56 Å². The van der Waals surface area contributed by atoms with E-state index in [0.717, 1.165) is 37.0 Å². The number of hydrogen-bond acceptors (Lipinski definition) is 0. The molecule has 0 unspecified atom stereocenters. The summed E-state index contributed by atoms with van der Waals surface area (Å²) in [4.78, 5) is 0. The van der Waals surface area contributed by atoms with Crippen LogP contribution in [-0.2, 0) is 6.42 Å². The lowest BCUT2D eigenvalue weighted by Gasteiger charge is -2.07. The fraction of sp³-hybridized carbons (Fsp3) is 0.250. The third-order valence-corrected chi connectivity index (χ3v) is 3.15. The molecule has 2 aromatic rings. The largest absolute Gasteiger partial charge is 0.206 e. The molecule has 0 atom stereocenters. The molecule has 2 aromatic carbocycles. The first-order chi connectivity index (χ1) is 9.52. The van der Waals surface area contributed by atoms with Crippen molar-refractivity contribution >= 4 is 0 Å². The van der Waals surface area contributed by atoms with Crippen LogP contribution in [-0.4, -0.2) is 0 Å². The van der Waals surface area contributed by atoms with Gasteiger partial charge in [-0.1, -0.05) is 25.5 Å². The maximum Gasteiger partial charge on any atom is 0.194 e. The summed E-state index contributed by atoms with van der Waals surface area (Å²) >= 11 is 0. The van der Waals surface area contributed by atoms with Crippen LogP contribution in [0.2, 0.25) is 0 Å². The highest BCUT2D eigenvalue weighted by Crippen LogP contribution is 2.27. The van der Waals surface area contributed by atoms with Gasteiger partial charge in [0.15, 0.2) is 17.5 Å². The predicted molar refractivity (Wildman–Crippen MR) is 70.3 cm³/mol. The summed E-state index contributed by atoms with van der Waals surface area (Å²) < 4.78 is 53.2. The normalized spacial score (nSPS) is 10.8. The van der Waals surface area contributed by atoms with Gasteiger partial charge in [0.1, 0.15) is 5.82 Å². The first-order valence-corrected chi connectivity index (χ1v) is 6.46. The molecule has 0 radical (unpaired) electrons. The Morgan fingerprint density at radius 1 is 0.850 bits per heavy atom. The molecule has 0 spiro atoms. The van der Waals surface area contributed by atoms with Crippen molar-refractivity contribution in [3.8, 4) is 11.1 Å². The Bertz CT molecular complexity index is 597. The van der Waals surface area contributed by atoms with E-state index in [9.17, 15) is 17.6 Å². The summed E-state index contributed by atoms with van der Waals surface area (Å²) in [5, 5.41) is 0. The van der Waals surface area contributed by atoms with Gasteiger partial charge in [-0.3, -0.25) is 0 Å². The Labute approximate surface area is 115 Å². The average molecular weight is 282 g/mol. The first kappa shape index (κ1) is 14.6. The number of rotatable bonds is 4. The number of benzene rings is 2. The molecule has 0 bridgehead atoms. The second-order valence-corrected chi connectivity index (χ2v) is 4.67. The smallest absolute Gasteiger partial charge is 0.194 e. The van der Waals surface area contributed by atoms with E-state index in [1.807, 2.05) is 6.92 Å². The molecule has 0 heterocycles. The minimum atomic E-state index is -1.55. The molecule has 20 heavy (non-hydrogen) atoms. The highest BCUT2D eigenvalue weighted by Gasteiger charge is 2.14. The molecule has 0 saturated carbocycles. The lowest BCUT2D eigenvalue weighted by Crippen LogP contribution is -1.94. The summed E-state index contributed by atoms with van der Waals surface area (Å²) in [6.45, 7) is 2.04. The third-order valence-electron chi connectivity index (χ3n) is 3.15. The molecule has 0 nitrogen and oxygen atoms in total. The summed E-state index contributed by atoms with van der Waals surface area (Å²) in [6, 6.07) is 6.12. The number of aryl methyl sites for hydroxylation is 1. The van der Waals surface area contributed by atoms with Gasteiger partial charge in [0.2, 0.25) is 0 Å². The number of hydrogen-bond donors (Lipinski definition) is 0. The van der Waals surface area contributed by atoms with Gasteiger partial charge in [-0.05, 0) is 42.2 Å². The summed E-state index contributed by atoms with van der Waals surface area (Å²) in [5.41, 5.74) is 0.875. The van der Waals surface area contributed by atoms with Crippen LogP contribution in [0.15, 0.2) is 30.3 Å². The fourth-order valence-electron chi connectivity index (χ4n) is 2.04. The van der Waals surface area contributed by atoms with Crippen molar-refractivity contribution in [3.05, 3.63) is 59.2 Å². The van der Waals surface area contributed by atoms with Crippen molar-refractivity contribution in [1.82, 2.24) is 0 Å². The Balaban J connectivity index is 2.38. The standard InChI is InChI=1S/C16H14F4/c1-2-3-4-10-5-6-12(13(17)7-10)11-8-14(18)16(20)15(19)9-11/h5-9H,2-4H2,1H3. The highest BCUT2D eigenvalue weighted by atomic mass is 19.2. The van der Waals surface area contributed by atoms with Crippen LogP contribution in [0.25, 0.3) is 11.1 Å². The van der Waals surface area contributed by atoms with Crippen LogP contribution in [0, 0.1) is 23.3 Å². The van der Waals surface area contributed by atoms with Gasteiger partial charge < -0.3 is 0 Å². The van der Waals surface area contributed by atoms with Crippen LogP contribution >= 0.6 is 0 Å². The molecule has 0 amide bonds. The molecular weight excluding hydrogens is 268 g/mol. The van der Waals surface area contributed by atoms with Gasteiger partial charge in [-0.15, -0.1) is 0 Å². The molecule has 0 aliphatic heterocycles. The summed E-state index contributed by atoms with van der Waals surface area (Å²) in [7, 11) is 0. The van der Waals surface area contributed by atoms with E-state index in [1.165, 1.54) is 12.1 Å². The monoisotopic (exact) mass is 282 g/mol. The van der Waals surface area contributed by atoms with E-state index in [4.69, 9.17) is 0 Å². The van der Waals surface area contributed by atoms with Crippen LogP contribution in [0.1, 0.15) is 25.3 Å². The van der Waals surface area contributed by atoms with E-state index in [1.54, 1.807) is 6.07 Å². The zero-order valence-electron chi connectivity index (χ0n) is 11.0. The van der Waals surface area contributed by atoms with Crippen molar-refractivity contribution < 1.29 is 17.6 Å². The quantitative estimate of drug-likeness (QED) is 0.530. The number of unbranched alkanes of at least 4 members (excludes halogenated alkanes) is 1. The van der Waals surface area contributed by atoms with Crippen LogP contribution in [0.4, 0.5) is 17.6 Å². The molecule has 4 heteroatoms. The van der Waals surface area contributed by atoms with Crippen molar-refractivity contribution in [2.75, 3.05) is 0 Å². The predicted octanol–water partition coefficient (Wildman–Crippen LogP) is 5.25. The first-order valence-electron chi connectivity index (χ1n) is 6.46. The van der Waals surface area contributed by atoms with Gasteiger partial charge in [0.05, 0.1) is 0 Å². The van der Waals surface area contributed by atoms with Gasteiger partial charge in [-0.2, -0.15) is 0 Å². The van der Waals surface area contributed by atoms with E-state index >= 15 is 0 Å². The van der Waals surface area contributed by atoms with Crippen molar-refractivity contribution in [2.24, 2.45) is 0 Å². The van der Waals surface area contributed by atoms with Gasteiger partial charge >= 0.3 is 0 Å². The van der Waals surface area contributed by atoms with E-state index in [2.05, 4.69) is 0 Å². The number of halogens is 4. The maximum absolute atomic E-state index is 14.0. The molecule has 106 valence electrons. The molecular formula is C16H14F4. The molecule has 0 aromatic heterocycles. The Morgan fingerprint density at radius 2 is 1.50 bits per heavy atom. The second-order valence-electron chi connectivity index (χ2n) is 4.67. The molecule has 0 fully saturated rings. The second kappa shape index (κ2) is 6.07. The zero-order chi connectivity index (χ0) is 14.7. The molecule has 2 rings (SSSR count). The van der Waals surface area contributed by atoms with Gasteiger partial charge in [0.25, 0.3) is 0 Å². The highest BCUT2D eigenvalue weighted by molar-refractivity contribution is 5.64. The molecule has 0 N–H and O–H groups in total. The topological polar surface area (TPSA) is 0 Å². The lowest BCUT2D eigenvalue weighted by molar-refractivity contribution is 0.447. The third kappa shape index (κ3) is 3.00. The van der Waals surface area contributed by atoms with Crippen LogP contribution in [0.3, 0.4) is 0 Å².